The average Bonchev–Trinajstić information content (AvgIpc) is 1.67. The molecule has 26 heteroatoms. The fourth-order valence-corrected chi connectivity index (χ4v) is 9.98. The minimum atomic E-state index is -1.10. The number of nitrogens with zero attached hydrogens (tertiary/aromatic N) is 5. The lowest BCUT2D eigenvalue weighted by Gasteiger charge is -2.29. The first-order valence-electron chi connectivity index (χ1n) is 29.4. The van der Waals surface area contributed by atoms with Gasteiger partial charge in [-0.1, -0.05) is 55.8 Å². The SMILES string of the molecule is CCCN(CCO)C(=O)C1=Cc2ccc(C3(C(=O)Nc4cnc5c(c4)CN(C(=O)CCOCCOCCOCNC(=O)CNC(=O)[C@H](Cc4ccccc4)NC(=O)CNC(=O)CNC(=O)CCCCCN4C(=O)C=CC4=O)CC5)CC3)cc2N=C(N)C1. The van der Waals surface area contributed by atoms with Gasteiger partial charge in [0, 0.05) is 87.4 Å². The van der Waals surface area contributed by atoms with Crippen molar-refractivity contribution in [3.8, 4) is 0 Å². The van der Waals surface area contributed by atoms with Crippen LogP contribution < -0.4 is 37.6 Å². The van der Waals surface area contributed by atoms with Gasteiger partial charge in [0.05, 0.1) is 88.7 Å². The van der Waals surface area contributed by atoms with Crippen molar-refractivity contribution in [1.29, 1.82) is 0 Å². The predicted octanol–water partition coefficient (Wildman–Crippen LogP) is 0.718. The van der Waals surface area contributed by atoms with E-state index < -0.39 is 48.2 Å². The van der Waals surface area contributed by atoms with Crippen LogP contribution in [-0.4, -0.2) is 188 Å². The van der Waals surface area contributed by atoms with E-state index in [0.29, 0.717) is 80.7 Å². The van der Waals surface area contributed by atoms with Gasteiger partial charge in [-0.15, -0.1) is 0 Å². The lowest BCUT2D eigenvalue weighted by atomic mass is 9.92. The van der Waals surface area contributed by atoms with Gasteiger partial charge in [-0.2, -0.15) is 0 Å². The van der Waals surface area contributed by atoms with E-state index in [4.69, 9.17) is 19.9 Å². The molecular weight excluding hydrogens is 1120 g/mol. The highest BCUT2D eigenvalue weighted by Gasteiger charge is 2.51. The van der Waals surface area contributed by atoms with Crippen LogP contribution in [0.15, 0.2) is 83.5 Å². The summed E-state index contributed by atoms with van der Waals surface area (Å²) in [5.41, 5.74) is 11.0. The Hall–Kier alpha value is -8.72. The molecule has 4 heterocycles. The Morgan fingerprint density at radius 2 is 1.48 bits per heavy atom. The van der Waals surface area contributed by atoms with Crippen LogP contribution in [0.3, 0.4) is 0 Å². The number of aromatic nitrogens is 1. The van der Waals surface area contributed by atoms with E-state index >= 15 is 0 Å². The van der Waals surface area contributed by atoms with E-state index in [-0.39, 0.29) is 133 Å². The fourth-order valence-electron chi connectivity index (χ4n) is 9.98. The number of carbonyl (C=O) groups excluding carboxylic acids is 10. The summed E-state index contributed by atoms with van der Waals surface area (Å²) in [7, 11) is 0. The first kappa shape index (κ1) is 65.8. The average molecular weight is 1200 g/mol. The van der Waals surface area contributed by atoms with E-state index in [0.717, 1.165) is 33.7 Å². The van der Waals surface area contributed by atoms with Crippen molar-refractivity contribution in [3.05, 3.63) is 106 Å². The zero-order chi connectivity index (χ0) is 62.1. The maximum absolute atomic E-state index is 13.9. The number of imide groups is 1. The number of amides is 10. The largest absolute Gasteiger partial charge is 0.395 e. The van der Waals surface area contributed by atoms with Crippen molar-refractivity contribution in [2.45, 2.75) is 95.6 Å². The van der Waals surface area contributed by atoms with Crippen molar-refractivity contribution in [3.63, 3.8) is 0 Å². The van der Waals surface area contributed by atoms with Crippen LogP contribution in [0.2, 0.25) is 0 Å². The molecule has 87 heavy (non-hydrogen) atoms. The number of benzene rings is 2. The lowest BCUT2D eigenvalue weighted by Crippen LogP contribution is -2.52. The number of carbonyl (C=O) groups is 10. The van der Waals surface area contributed by atoms with Gasteiger partial charge in [0.1, 0.15) is 18.6 Å². The summed E-state index contributed by atoms with van der Waals surface area (Å²) in [6.45, 7) is 3.17. The molecule has 1 aliphatic carbocycles. The molecule has 0 bridgehead atoms. The number of amidine groups is 1. The molecule has 9 N–H and O–H groups in total. The van der Waals surface area contributed by atoms with E-state index in [2.05, 4.69) is 41.9 Å². The van der Waals surface area contributed by atoms with Gasteiger partial charge in [0.2, 0.25) is 47.3 Å². The second kappa shape index (κ2) is 33.3. The van der Waals surface area contributed by atoms with E-state index in [1.807, 2.05) is 31.2 Å². The van der Waals surface area contributed by atoms with Gasteiger partial charge in [-0.05, 0) is 67.0 Å². The van der Waals surface area contributed by atoms with Crippen molar-refractivity contribution >= 4 is 82.4 Å². The molecule has 10 amide bonds. The number of fused-ring (bicyclic) bond motifs is 2. The Morgan fingerprint density at radius 1 is 0.782 bits per heavy atom. The summed E-state index contributed by atoms with van der Waals surface area (Å²) >= 11 is 0. The highest BCUT2D eigenvalue weighted by molar-refractivity contribution is 6.13. The zero-order valence-electron chi connectivity index (χ0n) is 49.0. The van der Waals surface area contributed by atoms with Crippen LogP contribution in [0, 0.1) is 0 Å². The number of unbranched alkanes of at least 4 members (excludes halogenated alkanes) is 2. The van der Waals surface area contributed by atoms with Gasteiger partial charge in [-0.25, -0.2) is 4.99 Å². The Kier molecular flexibility index (Phi) is 25.2. The summed E-state index contributed by atoms with van der Waals surface area (Å²) < 4.78 is 16.6. The quantitative estimate of drug-likeness (QED) is 0.0229. The number of nitrogens with one attached hydrogen (secondary N) is 6. The number of rotatable bonds is 35. The molecule has 0 unspecified atom stereocenters. The van der Waals surface area contributed by atoms with Crippen molar-refractivity contribution in [2.24, 2.45) is 10.7 Å². The number of aliphatic hydroxyl groups excluding tert-OH is 1. The van der Waals surface area contributed by atoms with Crippen LogP contribution in [0.5, 0.6) is 0 Å². The number of hydrogen-bond donors (Lipinski definition) is 8. The molecular formula is C61H78N12O14. The van der Waals surface area contributed by atoms with Crippen LogP contribution in [-0.2, 0) is 87.0 Å². The van der Waals surface area contributed by atoms with Crippen LogP contribution in [0.1, 0.15) is 92.7 Å². The Morgan fingerprint density at radius 3 is 2.22 bits per heavy atom. The number of anilines is 1. The Bertz CT molecular complexity index is 3050. The molecule has 3 aliphatic heterocycles. The third kappa shape index (κ3) is 20.2. The molecule has 7 rings (SSSR count). The normalized spacial score (nSPS) is 15.0. The summed E-state index contributed by atoms with van der Waals surface area (Å²) in [6.07, 6.45) is 10.6. The monoisotopic (exact) mass is 1200 g/mol. The molecule has 26 nitrogen and oxygen atoms in total. The molecule has 3 aromatic rings. The fraction of sp³-hybridized carbons (Fsp3) is 0.475. The van der Waals surface area contributed by atoms with E-state index in [1.54, 1.807) is 52.4 Å². The Balaban J connectivity index is 0.727. The van der Waals surface area contributed by atoms with Crippen LogP contribution in [0.4, 0.5) is 11.4 Å². The number of nitrogens with two attached hydrogens (primary N) is 1. The van der Waals surface area contributed by atoms with Gasteiger partial charge >= 0.3 is 0 Å². The summed E-state index contributed by atoms with van der Waals surface area (Å²) in [6, 6.07) is 15.3. The second-order valence-electron chi connectivity index (χ2n) is 21.4. The lowest BCUT2D eigenvalue weighted by molar-refractivity contribution is -0.137. The zero-order valence-corrected chi connectivity index (χ0v) is 49.0. The molecule has 4 aliphatic rings. The first-order chi connectivity index (χ1) is 42.0. The molecule has 0 spiro atoms. The second-order valence-corrected chi connectivity index (χ2v) is 21.4. The summed E-state index contributed by atoms with van der Waals surface area (Å²) in [4.78, 5) is 141. The molecule has 1 atom stereocenters. The minimum absolute atomic E-state index is 0.0859. The number of pyridine rings is 1. The van der Waals surface area contributed by atoms with E-state index in [1.165, 1.54) is 12.2 Å². The highest BCUT2D eigenvalue weighted by Crippen LogP contribution is 2.50. The third-order valence-electron chi connectivity index (χ3n) is 14.8. The number of ether oxygens (including phenoxy) is 3. The summed E-state index contributed by atoms with van der Waals surface area (Å²) in [5, 5.41) is 25.1. The summed E-state index contributed by atoms with van der Waals surface area (Å²) in [5.74, 6) is -3.79. The maximum Gasteiger partial charge on any atom is 0.253 e. The standard InChI is InChI=1S/C61H78N12O14/c1-2-20-71(23-24-74)59(83)43-31-42-12-13-45(34-48(42)69-50(62)33-43)61(18-19-61)60(84)68-46-32-44-39-72(22-16-47(44)63-35-46)55(79)17-25-85-26-27-86-28-29-87-40-67-53(77)37-66-58(82)49(30-41-9-5-3-6-10-41)70-54(78)38-65-52(76)36-64-51(75)11-7-4-8-21-73-56(80)14-15-57(73)81/h3,5-6,9-10,12-15,31-32,34-35,49,74H,2,4,7-8,11,16-30,33,36-40H2,1H3,(H2,62,69)(H,64,75)(H,65,76)(H,66,82)(H,67,77)(H,68,84)(H,70,78)/t49-/m0/s1. The van der Waals surface area contributed by atoms with Gasteiger partial charge < -0.3 is 66.8 Å². The number of aliphatic hydroxyl groups is 1. The van der Waals surface area contributed by atoms with E-state index in [9.17, 15) is 53.1 Å². The van der Waals surface area contributed by atoms with Gasteiger partial charge in [0.15, 0.2) is 0 Å². The van der Waals surface area contributed by atoms with Crippen LogP contribution >= 0.6 is 0 Å². The van der Waals surface area contributed by atoms with Crippen LogP contribution in [0.25, 0.3) is 6.08 Å². The molecule has 0 radical (unpaired) electrons. The molecule has 1 fully saturated rings. The Labute approximate surface area is 504 Å². The third-order valence-corrected chi connectivity index (χ3v) is 14.8. The first-order valence-corrected chi connectivity index (χ1v) is 29.4. The smallest absolute Gasteiger partial charge is 0.253 e. The molecule has 1 aromatic heterocycles. The molecule has 2 aromatic carbocycles. The topological polar surface area (TPSA) is 352 Å². The molecule has 0 saturated heterocycles. The maximum atomic E-state index is 13.9. The van der Waals surface area contributed by atoms with Gasteiger partial charge in [0.25, 0.3) is 11.8 Å². The molecule has 1 saturated carbocycles. The van der Waals surface area contributed by atoms with Crippen molar-refractivity contribution in [2.75, 3.05) is 97.5 Å². The number of hydrogen-bond acceptors (Lipinski definition) is 17. The number of aliphatic imine (C=N–C) groups is 1. The van der Waals surface area contributed by atoms with Crippen molar-refractivity contribution in [1.82, 2.24) is 46.3 Å². The van der Waals surface area contributed by atoms with Gasteiger partial charge in [-0.3, -0.25) is 57.8 Å². The minimum Gasteiger partial charge on any atom is -0.395 e. The predicted molar refractivity (Wildman–Crippen MR) is 318 cm³/mol. The van der Waals surface area contributed by atoms with Crippen molar-refractivity contribution < 1.29 is 67.3 Å². The highest BCUT2D eigenvalue weighted by atomic mass is 16.5. The molecule has 466 valence electrons.